The molecule has 8 aromatic carbocycles. The van der Waals surface area contributed by atoms with Crippen molar-refractivity contribution < 1.29 is 0 Å². The Balaban J connectivity index is 1.11. The summed E-state index contributed by atoms with van der Waals surface area (Å²) in [5.74, 6) is 0. The molecule has 0 aliphatic heterocycles. The van der Waals surface area contributed by atoms with Gasteiger partial charge in [-0.2, -0.15) is 0 Å². The zero-order valence-corrected chi connectivity index (χ0v) is 29.7. The second-order valence-electron chi connectivity index (χ2n) is 15.0. The van der Waals surface area contributed by atoms with E-state index in [0.29, 0.717) is 0 Å². The summed E-state index contributed by atoms with van der Waals surface area (Å²) in [5, 5.41) is 5.07. The number of benzene rings is 8. The standard InChI is InChI=1S/C51H36N2/c1-51(2)44-17-9-6-14-39(44)43-32-38(28-30-45(43)51)53-46-18-10-7-15-40(46)41-29-31-48-49(50(41)53)42-16-8-11-19-47(42)52(48)37-26-24-36(25-27-37)35-22-20-34(21-23-35)33-12-4-3-5-13-33/h3-32H,1-2H3. The number of para-hydroxylation sites is 2. The first-order chi connectivity index (χ1) is 26.1. The van der Waals surface area contributed by atoms with Gasteiger partial charge in [0.05, 0.1) is 22.1 Å². The minimum absolute atomic E-state index is 0.0346. The number of fused-ring (bicyclic) bond motifs is 10. The Morgan fingerprint density at radius 3 is 1.64 bits per heavy atom. The zero-order valence-electron chi connectivity index (χ0n) is 29.7. The quantitative estimate of drug-likeness (QED) is 0.176. The topological polar surface area (TPSA) is 9.86 Å². The molecule has 1 aliphatic carbocycles. The molecule has 0 N–H and O–H groups in total. The van der Waals surface area contributed by atoms with Gasteiger partial charge in [0.1, 0.15) is 0 Å². The predicted molar refractivity (Wildman–Crippen MR) is 224 cm³/mol. The van der Waals surface area contributed by atoms with Crippen LogP contribution in [0.1, 0.15) is 25.0 Å². The first-order valence-electron chi connectivity index (χ1n) is 18.5. The SMILES string of the molecule is CC1(C)c2ccccc2-c2cc(-n3c4ccccc4c4ccc5c(c6ccccc6n5-c5ccc(-c6ccc(-c7ccccc7)cc6)cc5)c43)ccc21. The first kappa shape index (κ1) is 30.0. The van der Waals surface area contributed by atoms with Crippen LogP contribution in [-0.4, -0.2) is 9.13 Å². The Kier molecular flexibility index (Phi) is 6.33. The van der Waals surface area contributed by atoms with E-state index in [1.165, 1.54) is 93.8 Å². The highest BCUT2D eigenvalue weighted by Crippen LogP contribution is 2.50. The molecule has 0 amide bonds. The van der Waals surface area contributed by atoms with Crippen LogP contribution in [0.2, 0.25) is 0 Å². The monoisotopic (exact) mass is 676 g/mol. The van der Waals surface area contributed by atoms with Crippen LogP contribution in [0.3, 0.4) is 0 Å². The molecular weight excluding hydrogens is 641 g/mol. The molecule has 0 unspecified atom stereocenters. The molecule has 0 radical (unpaired) electrons. The average Bonchev–Trinajstić information content (AvgIpc) is 3.81. The van der Waals surface area contributed by atoms with Gasteiger partial charge in [-0.05, 0) is 87.0 Å². The normalized spacial score (nSPS) is 13.2. The van der Waals surface area contributed by atoms with E-state index in [1.54, 1.807) is 0 Å². The van der Waals surface area contributed by atoms with E-state index in [0.717, 1.165) is 5.69 Å². The Morgan fingerprint density at radius 1 is 0.358 bits per heavy atom. The van der Waals surface area contributed by atoms with Crippen molar-refractivity contribution in [3.05, 3.63) is 193 Å². The molecule has 0 bridgehead atoms. The third kappa shape index (κ3) is 4.33. The molecule has 2 nitrogen and oxygen atoms in total. The van der Waals surface area contributed by atoms with Crippen molar-refractivity contribution in [1.29, 1.82) is 0 Å². The summed E-state index contributed by atoms with van der Waals surface area (Å²) in [6.45, 7) is 4.70. The van der Waals surface area contributed by atoms with Gasteiger partial charge in [0.2, 0.25) is 0 Å². The lowest BCUT2D eigenvalue weighted by molar-refractivity contribution is 0.660. The molecule has 53 heavy (non-hydrogen) atoms. The average molecular weight is 677 g/mol. The van der Waals surface area contributed by atoms with Gasteiger partial charge in [-0.15, -0.1) is 0 Å². The lowest BCUT2D eigenvalue weighted by atomic mass is 9.82. The molecule has 0 spiro atoms. The largest absolute Gasteiger partial charge is 0.309 e. The molecule has 0 atom stereocenters. The summed E-state index contributed by atoms with van der Waals surface area (Å²) in [6, 6.07) is 67.0. The van der Waals surface area contributed by atoms with Gasteiger partial charge in [-0.3, -0.25) is 0 Å². The van der Waals surface area contributed by atoms with E-state index in [9.17, 15) is 0 Å². The highest BCUT2D eigenvalue weighted by atomic mass is 15.0. The number of nitrogens with zero attached hydrogens (tertiary/aromatic N) is 2. The van der Waals surface area contributed by atoms with Crippen LogP contribution >= 0.6 is 0 Å². The first-order valence-corrected chi connectivity index (χ1v) is 18.5. The van der Waals surface area contributed by atoms with Gasteiger partial charge in [0.15, 0.2) is 0 Å². The van der Waals surface area contributed by atoms with Gasteiger partial charge < -0.3 is 9.13 Å². The van der Waals surface area contributed by atoms with Gasteiger partial charge in [0.25, 0.3) is 0 Å². The summed E-state index contributed by atoms with van der Waals surface area (Å²) in [4.78, 5) is 0. The van der Waals surface area contributed by atoms with Crippen LogP contribution in [-0.2, 0) is 5.41 Å². The molecule has 2 heterocycles. The fourth-order valence-corrected chi connectivity index (χ4v) is 9.19. The second kappa shape index (κ2) is 11.2. The fraction of sp³-hybridized carbons (Fsp3) is 0.0588. The third-order valence-corrected chi connectivity index (χ3v) is 11.7. The molecule has 11 rings (SSSR count). The van der Waals surface area contributed by atoms with Gasteiger partial charge >= 0.3 is 0 Å². The Morgan fingerprint density at radius 2 is 0.906 bits per heavy atom. The zero-order chi connectivity index (χ0) is 35.3. The molecule has 2 heteroatoms. The molecule has 0 saturated carbocycles. The van der Waals surface area contributed by atoms with Crippen molar-refractivity contribution in [1.82, 2.24) is 9.13 Å². The highest BCUT2D eigenvalue weighted by Gasteiger charge is 2.35. The van der Waals surface area contributed by atoms with Crippen molar-refractivity contribution in [3.63, 3.8) is 0 Å². The second-order valence-corrected chi connectivity index (χ2v) is 15.0. The van der Waals surface area contributed by atoms with Crippen molar-refractivity contribution >= 4 is 43.6 Å². The van der Waals surface area contributed by atoms with Crippen molar-refractivity contribution in [3.8, 4) is 44.8 Å². The molecule has 2 aromatic heterocycles. The third-order valence-electron chi connectivity index (χ3n) is 11.7. The molecule has 250 valence electrons. The maximum absolute atomic E-state index is 2.51. The van der Waals surface area contributed by atoms with Crippen LogP contribution in [0.15, 0.2) is 182 Å². The summed E-state index contributed by atoms with van der Waals surface area (Å²) in [7, 11) is 0. The van der Waals surface area contributed by atoms with Crippen LogP contribution in [0.5, 0.6) is 0 Å². The van der Waals surface area contributed by atoms with Crippen molar-refractivity contribution in [2.24, 2.45) is 0 Å². The van der Waals surface area contributed by atoms with E-state index in [1.807, 2.05) is 0 Å². The minimum Gasteiger partial charge on any atom is -0.309 e. The minimum atomic E-state index is -0.0346. The summed E-state index contributed by atoms with van der Waals surface area (Å²) >= 11 is 0. The molecule has 1 aliphatic rings. The summed E-state index contributed by atoms with van der Waals surface area (Å²) in [6.07, 6.45) is 0. The van der Waals surface area contributed by atoms with Gasteiger partial charge in [-0.25, -0.2) is 0 Å². The van der Waals surface area contributed by atoms with E-state index in [-0.39, 0.29) is 5.41 Å². The number of rotatable bonds is 4. The molecule has 0 saturated heterocycles. The van der Waals surface area contributed by atoms with E-state index in [2.05, 4.69) is 205 Å². The van der Waals surface area contributed by atoms with Crippen molar-refractivity contribution in [2.45, 2.75) is 19.3 Å². The Hall–Kier alpha value is -6.64. The van der Waals surface area contributed by atoms with Crippen LogP contribution < -0.4 is 0 Å². The lowest BCUT2D eigenvalue weighted by Crippen LogP contribution is -2.14. The van der Waals surface area contributed by atoms with Crippen LogP contribution in [0, 0.1) is 0 Å². The number of aromatic nitrogens is 2. The number of hydrogen-bond donors (Lipinski definition) is 0. The predicted octanol–water partition coefficient (Wildman–Crippen LogP) is 13.5. The molecular formula is C51H36N2. The van der Waals surface area contributed by atoms with Gasteiger partial charge in [0, 0.05) is 38.3 Å². The van der Waals surface area contributed by atoms with Crippen LogP contribution in [0.4, 0.5) is 0 Å². The lowest BCUT2D eigenvalue weighted by Gasteiger charge is -2.21. The van der Waals surface area contributed by atoms with Crippen molar-refractivity contribution in [2.75, 3.05) is 0 Å². The number of hydrogen-bond acceptors (Lipinski definition) is 0. The van der Waals surface area contributed by atoms with Gasteiger partial charge in [-0.1, -0.05) is 153 Å². The van der Waals surface area contributed by atoms with E-state index >= 15 is 0 Å². The maximum Gasteiger partial charge on any atom is 0.0641 e. The van der Waals surface area contributed by atoms with E-state index in [4.69, 9.17) is 0 Å². The Bertz CT molecular complexity index is 3050. The maximum atomic E-state index is 2.51. The molecule has 0 fully saturated rings. The fourth-order valence-electron chi connectivity index (χ4n) is 9.19. The smallest absolute Gasteiger partial charge is 0.0641 e. The highest BCUT2D eigenvalue weighted by molar-refractivity contribution is 6.26. The Labute approximate surface area is 308 Å². The van der Waals surface area contributed by atoms with Crippen LogP contribution in [0.25, 0.3) is 88.4 Å². The molecule has 10 aromatic rings. The van der Waals surface area contributed by atoms with E-state index < -0.39 is 0 Å². The summed E-state index contributed by atoms with van der Waals surface area (Å²) in [5.41, 5.74) is 17.5. The summed E-state index contributed by atoms with van der Waals surface area (Å²) < 4.78 is 4.95.